The van der Waals surface area contributed by atoms with Gasteiger partial charge in [-0.15, -0.1) is 0 Å². The quantitative estimate of drug-likeness (QED) is 0.600. The van der Waals surface area contributed by atoms with Crippen LogP contribution in [0.5, 0.6) is 0 Å². The van der Waals surface area contributed by atoms with Crippen LogP contribution in [-0.2, 0) is 4.74 Å². The summed E-state index contributed by atoms with van der Waals surface area (Å²) in [5, 5.41) is 5.58. The number of alkyl halides is 3. The Hall–Kier alpha value is -0.980. The lowest BCUT2D eigenvalue weighted by Gasteiger charge is -2.30. The van der Waals surface area contributed by atoms with E-state index in [2.05, 4.69) is 15.6 Å². The first-order chi connectivity index (χ1) is 8.60. The highest BCUT2D eigenvalue weighted by molar-refractivity contribution is 5.79. The Morgan fingerprint density at radius 3 is 2.16 bits per heavy atom. The average Bonchev–Trinajstić information content (AvgIpc) is 2.24. The number of aliphatic imine (C=N–C) groups is 1. The number of hydrogen-bond acceptors (Lipinski definition) is 2. The third-order valence-electron chi connectivity index (χ3n) is 2.63. The molecule has 19 heavy (non-hydrogen) atoms. The highest BCUT2D eigenvalue weighted by Crippen LogP contribution is 2.21. The lowest BCUT2D eigenvalue weighted by molar-refractivity contribution is -0.132. The second kappa shape index (κ2) is 7.57. The molecule has 0 aromatic heterocycles. The van der Waals surface area contributed by atoms with E-state index in [-0.39, 0.29) is 18.1 Å². The molecule has 0 saturated carbocycles. The maximum absolute atomic E-state index is 12.0. The van der Waals surface area contributed by atoms with E-state index in [0.717, 1.165) is 0 Å². The molecule has 0 bridgehead atoms. The summed E-state index contributed by atoms with van der Waals surface area (Å²) in [6, 6.07) is 0. The van der Waals surface area contributed by atoms with Gasteiger partial charge in [-0.05, 0) is 5.41 Å². The fraction of sp³-hybridized carbons (Fsp3) is 0.917. The number of rotatable bonds is 5. The SMILES string of the molecule is CN=C(NCCC(F)(F)F)NCC(OC)C(C)(C)C. The van der Waals surface area contributed by atoms with Crippen molar-refractivity contribution < 1.29 is 17.9 Å². The molecule has 1 unspecified atom stereocenters. The molecule has 4 nitrogen and oxygen atoms in total. The van der Waals surface area contributed by atoms with Crippen molar-refractivity contribution in [3.05, 3.63) is 0 Å². The highest BCUT2D eigenvalue weighted by Gasteiger charge is 2.27. The van der Waals surface area contributed by atoms with Crippen LogP contribution in [0.25, 0.3) is 0 Å². The van der Waals surface area contributed by atoms with Crippen molar-refractivity contribution in [2.75, 3.05) is 27.2 Å². The van der Waals surface area contributed by atoms with Gasteiger partial charge >= 0.3 is 6.18 Å². The van der Waals surface area contributed by atoms with E-state index >= 15 is 0 Å². The lowest BCUT2D eigenvalue weighted by atomic mass is 9.89. The van der Waals surface area contributed by atoms with Gasteiger partial charge in [0.1, 0.15) is 0 Å². The third-order valence-corrected chi connectivity index (χ3v) is 2.63. The van der Waals surface area contributed by atoms with E-state index in [1.807, 2.05) is 20.8 Å². The van der Waals surface area contributed by atoms with E-state index < -0.39 is 12.6 Å². The molecule has 0 spiro atoms. The number of hydrogen-bond donors (Lipinski definition) is 2. The Bertz CT molecular complexity index is 285. The fourth-order valence-electron chi connectivity index (χ4n) is 1.48. The standard InChI is InChI=1S/C12H24F3N3O/c1-11(2,3)9(19-5)8-18-10(16-4)17-7-6-12(13,14)15/h9H,6-8H2,1-5H3,(H2,16,17,18). The Morgan fingerprint density at radius 1 is 1.21 bits per heavy atom. The highest BCUT2D eigenvalue weighted by atomic mass is 19.4. The van der Waals surface area contributed by atoms with Crippen molar-refractivity contribution in [2.45, 2.75) is 39.5 Å². The molecule has 0 saturated heterocycles. The predicted octanol–water partition coefficient (Wildman–Crippen LogP) is 2.16. The van der Waals surface area contributed by atoms with E-state index in [0.29, 0.717) is 12.5 Å². The first-order valence-corrected chi connectivity index (χ1v) is 6.14. The van der Waals surface area contributed by atoms with E-state index in [1.54, 1.807) is 7.11 Å². The Kier molecular flexibility index (Phi) is 7.18. The summed E-state index contributed by atoms with van der Waals surface area (Å²) >= 11 is 0. The minimum absolute atomic E-state index is 0.0614. The molecule has 114 valence electrons. The van der Waals surface area contributed by atoms with Crippen LogP contribution < -0.4 is 10.6 Å². The largest absolute Gasteiger partial charge is 0.390 e. The zero-order chi connectivity index (χ0) is 15.1. The Morgan fingerprint density at radius 2 is 1.79 bits per heavy atom. The van der Waals surface area contributed by atoms with Gasteiger partial charge in [-0.1, -0.05) is 20.8 Å². The van der Waals surface area contributed by atoms with Gasteiger partial charge in [-0.25, -0.2) is 0 Å². The summed E-state index contributed by atoms with van der Waals surface area (Å²) in [4.78, 5) is 3.87. The molecule has 2 N–H and O–H groups in total. The zero-order valence-corrected chi connectivity index (χ0v) is 12.2. The van der Waals surface area contributed by atoms with Crippen LogP contribution in [0, 0.1) is 5.41 Å². The minimum Gasteiger partial charge on any atom is -0.379 e. The number of nitrogens with zero attached hydrogens (tertiary/aromatic N) is 1. The number of ether oxygens (including phenoxy) is 1. The summed E-state index contributed by atoms with van der Waals surface area (Å²) in [7, 11) is 3.12. The number of methoxy groups -OCH3 is 1. The monoisotopic (exact) mass is 283 g/mol. The molecule has 0 aliphatic rings. The van der Waals surface area contributed by atoms with E-state index in [1.165, 1.54) is 7.05 Å². The van der Waals surface area contributed by atoms with Crippen molar-refractivity contribution >= 4 is 5.96 Å². The molecule has 0 aromatic rings. The van der Waals surface area contributed by atoms with E-state index in [4.69, 9.17) is 4.74 Å². The smallest absolute Gasteiger partial charge is 0.379 e. The fourth-order valence-corrected chi connectivity index (χ4v) is 1.48. The van der Waals surface area contributed by atoms with Crippen LogP contribution in [0.1, 0.15) is 27.2 Å². The molecule has 1 atom stereocenters. The Balaban J connectivity index is 4.14. The van der Waals surface area contributed by atoms with E-state index in [9.17, 15) is 13.2 Å². The van der Waals surface area contributed by atoms with Gasteiger partial charge in [0, 0.05) is 27.2 Å². The van der Waals surface area contributed by atoms with Gasteiger partial charge in [0.15, 0.2) is 5.96 Å². The molecule has 0 rings (SSSR count). The molecular formula is C12H24F3N3O. The number of halogens is 3. The normalized spacial score (nSPS) is 15.3. The Labute approximate surface area is 112 Å². The first-order valence-electron chi connectivity index (χ1n) is 6.14. The summed E-state index contributed by atoms with van der Waals surface area (Å²) in [5.41, 5.74) is -0.0629. The molecule has 0 fully saturated rings. The molecule has 0 amide bonds. The van der Waals surface area contributed by atoms with Gasteiger partial charge < -0.3 is 15.4 Å². The predicted molar refractivity (Wildman–Crippen MR) is 70.3 cm³/mol. The zero-order valence-electron chi connectivity index (χ0n) is 12.2. The first kappa shape index (κ1) is 18.0. The van der Waals surface area contributed by atoms with Gasteiger partial charge in [-0.2, -0.15) is 13.2 Å². The van der Waals surface area contributed by atoms with Gasteiger partial charge in [0.05, 0.1) is 12.5 Å². The molecule has 0 aliphatic carbocycles. The molecule has 0 heterocycles. The maximum Gasteiger partial charge on any atom is 0.390 e. The van der Waals surface area contributed by atoms with Crippen LogP contribution in [-0.4, -0.2) is 45.5 Å². The van der Waals surface area contributed by atoms with Crippen molar-refractivity contribution in [1.82, 2.24) is 10.6 Å². The van der Waals surface area contributed by atoms with Crippen LogP contribution in [0.2, 0.25) is 0 Å². The van der Waals surface area contributed by atoms with Crippen molar-refractivity contribution in [1.29, 1.82) is 0 Å². The second-order valence-corrected chi connectivity index (χ2v) is 5.34. The third kappa shape index (κ3) is 8.69. The van der Waals surface area contributed by atoms with Crippen molar-refractivity contribution in [3.8, 4) is 0 Å². The average molecular weight is 283 g/mol. The second-order valence-electron chi connectivity index (χ2n) is 5.34. The van der Waals surface area contributed by atoms with Crippen molar-refractivity contribution in [2.24, 2.45) is 10.4 Å². The van der Waals surface area contributed by atoms with Crippen LogP contribution in [0.4, 0.5) is 13.2 Å². The minimum atomic E-state index is -4.16. The van der Waals surface area contributed by atoms with Crippen LogP contribution >= 0.6 is 0 Å². The lowest BCUT2D eigenvalue weighted by Crippen LogP contribution is -2.45. The molecule has 0 aromatic carbocycles. The van der Waals surface area contributed by atoms with Gasteiger partial charge in [0.25, 0.3) is 0 Å². The topological polar surface area (TPSA) is 45.7 Å². The number of guanidine groups is 1. The number of nitrogens with one attached hydrogen (secondary N) is 2. The maximum atomic E-state index is 12.0. The summed E-state index contributed by atoms with van der Waals surface area (Å²) in [6.07, 6.45) is -5.11. The van der Waals surface area contributed by atoms with Crippen molar-refractivity contribution in [3.63, 3.8) is 0 Å². The van der Waals surface area contributed by atoms with Crippen LogP contribution in [0.15, 0.2) is 4.99 Å². The summed E-state index contributed by atoms with van der Waals surface area (Å²) in [6.45, 7) is 6.37. The molecule has 0 aliphatic heterocycles. The van der Waals surface area contributed by atoms with Gasteiger partial charge in [0.2, 0.25) is 0 Å². The molecular weight excluding hydrogens is 259 g/mol. The molecule has 0 radical (unpaired) electrons. The van der Waals surface area contributed by atoms with Gasteiger partial charge in [-0.3, -0.25) is 4.99 Å². The summed E-state index contributed by atoms with van der Waals surface area (Å²) in [5.74, 6) is 0.343. The summed E-state index contributed by atoms with van der Waals surface area (Å²) < 4.78 is 41.4. The van der Waals surface area contributed by atoms with Crippen LogP contribution in [0.3, 0.4) is 0 Å². The molecule has 7 heteroatoms.